The fourth-order valence-corrected chi connectivity index (χ4v) is 4.88. The quantitative estimate of drug-likeness (QED) is 0.471. The predicted molar refractivity (Wildman–Crippen MR) is 132 cm³/mol. The largest absolute Gasteiger partial charge is 0.369 e. The molecule has 0 spiro atoms. The Morgan fingerprint density at radius 1 is 1.06 bits per heavy atom. The Hall–Kier alpha value is -1.70. The third kappa shape index (κ3) is 6.64. The van der Waals surface area contributed by atoms with E-state index < -0.39 is 0 Å². The molecule has 0 aliphatic carbocycles. The van der Waals surface area contributed by atoms with Crippen LogP contribution < -0.4 is 10.6 Å². The third-order valence-electron chi connectivity index (χ3n) is 6.41. The number of nitrogens with zero attached hydrogens (tertiary/aromatic N) is 4. The van der Waals surface area contributed by atoms with Gasteiger partial charge in [0.1, 0.15) is 5.82 Å². The lowest BCUT2D eigenvalue weighted by Gasteiger charge is -2.33. The van der Waals surface area contributed by atoms with E-state index in [9.17, 15) is 0 Å². The van der Waals surface area contributed by atoms with Crippen LogP contribution in [-0.2, 0) is 6.54 Å². The number of hydrogen-bond acceptors (Lipinski definition) is 6. The molecule has 7 heteroatoms. The van der Waals surface area contributed by atoms with Crippen LogP contribution in [0.5, 0.6) is 0 Å². The maximum atomic E-state index is 4.67. The summed E-state index contributed by atoms with van der Waals surface area (Å²) in [5, 5.41) is 6.81. The number of likely N-dealkylation sites (tertiary alicyclic amines) is 2. The van der Waals surface area contributed by atoms with E-state index in [2.05, 4.69) is 77.5 Å². The van der Waals surface area contributed by atoms with Gasteiger partial charge in [-0.3, -0.25) is 4.90 Å². The Morgan fingerprint density at radius 2 is 1.84 bits per heavy atom. The number of hydrogen-bond donors (Lipinski definition) is 2. The van der Waals surface area contributed by atoms with Crippen molar-refractivity contribution in [2.45, 2.75) is 58.0 Å². The fourth-order valence-electron chi connectivity index (χ4n) is 4.55. The molecule has 0 saturated carbocycles. The van der Waals surface area contributed by atoms with Crippen molar-refractivity contribution in [3.8, 4) is 0 Å². The molecule has 1 aromatic carbocycles. The Labute approximate surface area is 195 Å². The zero-order valence-corrected chi connectivity index (χ0v) is 20.2. The second-order valence-electron chi connectivity index (χ2n) is 8.86. The summed E-state index contributed by atoms with van der Waals surface area (Å²) < 4.78 is 0.894. The third-order valence-corrected chi connectivity index (χ3v) is 6.99. The maximum Gasteiger partial charge on any atom is 0.229 e. The van der Waals surface area contributed by atoms with Crippen molar-refractivity contribution >= 4 is 33.4 Å². The van der Waals surface area contributed by atoms with Crippen LogP contribution in [0, 0.1) is 0 Å². The van der Waals surface area contributed by atoms with Crippen LogP contribution in [0.2, 0.25) is 0 Å². The summed E-state index contributed by atoms with van der Waals surface area (Å²) in [5.41, 5.74) is 2.37. The van der Waals surface area contributed by atoms with Gasteiger partial charge < -0.3 is 15.5 Å². The predicted octanol–water partition coefficient (Wildman–Crippen LogP) is 5.25. The summed E-state index contributed by atoms with van der Waals surface area (Å²) in [6.07, 6.45) is 9.63. The molecule has 0 bridgehead atoms. The molecule has 0 unspecified atom stereocenters. The van der Waals surface area contributed by atoms with Gasteiger partial charge >= 0.3 is 0 Å². The number of aromatic nitrogens is 2. The smallest absolute Gasteiger partial charge is 0.229 e. The topological polar surface area (TPSA) is 56.3 Å². The summed E-state index contributed by atoms with van der Waals surface area (Å²) in [4.78, 5) is 14.2. The van der Waals surface area contributed by atoms with E-state index in [-0.39, 0.29) is 0 Å². The van der Waals surface area contributed by atoms with Crippen LogP contribution in [0.25, 0.3) is 0 Å². The van der Waals surface area contributed by atoms with E-state index in [0.717, 1.165) is 48.1 Å². The molecule has 31 heavy (non-hydrogen) atoms. The van der Waals surface area contributed by atoms with E-state index in [1.54, 1.807) is 0 Å². The molecule has 1 atom stereocenters. The molecule has 1 aromatic heterocycles. The van der Waals surface area contributed by atoms with Crippen molar-refractivity contribution in [2.24, 2.45) is 0 Å². The standard InChI is InChI=1S/C24H35BrN6/c1-19-7-2-3-15-31(19)16-6-12-26-23-22(25)17-27-24(29-23)28-21-10-8-20(9-11-21)18-30-13-4-5-14-30/h8-11,17,19H,2-7,12-16,18H2,1H3,(H2,26,27,28,29)/t19-/m1/s1. The fraction of sp³-hybridized carbons (Fsp3) is 0.583. The molecular formula is C24H35BrN6. The molecule has 0 radical (unpaired) electrons. The SMILES string of the molecule is C[C@@H]1CCCCN1CCCNc1nc(Nc2ccc(CN3CCCC3)cc2)ncc1Br. The van der Waals surface area contributed by atoms with Gasteiger partial charge in [-0.1, -0.05) is 18.6 Å². The van der Waals surface area contributed by atoms with Crippen molar-refractivity contribution in [2.75, 3.05) is 43.4 Å². The van der Waals surface area contributed by atoms with E-state index in [1.807, 2.05) is 6.20 Å². The zero-order valence-electron chi connectivity index (χ0n) is 18.6. The number of rotatable bonds is 9. The van der Waals surface area contributed by atoms with E-state index in [0.29, 0.717) is 5.95 Å². The molecule has 2 aliphatic rings. The maximum absolute atomic E-state index is 4.67. The van der Waals surface area contributed by atoms with Crippen LogP contribution >= 0.6 is 15.9 Å². The van der Waals surface area contributed by atoms with Crippen molar-refractivity contribution in [3.63, 3.8) is 0 Å². The molecule has 2 N–H and O–H groups in total. The molecule has 2 aliphatic heterocycles. The molecule has 168 valence electrons. The second kappa shape index (κ2) is 11.2. The van der Waals surface area contributed by atoms with Gasteiger partial charge in [-0.25, -0.2) is 4.98 Å². The first-order chi connectivity index (χ1) is 15.2. The summed E-state index contributed by atoms with van der Waals surface area (Å²) in [5.74, 6) is 1.46. The van der Waals surface area contributed by atoms with Crippen molar-refractivity contribution in [1.29, 1.82) is 0 Å². The second-order valence-corrected chi connectivity index (χ2v) is 9.71. The average molecular weight is 487 g/mol. The van der Waals surface area contributed by atoms with Gasteiger partial charge in [0.25, 0.3) is 0 Å². The highest BCUT2D eigenvalue weighted by Gasteiger charge is 2.17. The Bertz CT molecular complexity index is 821. The Kier molecular flexibility index (Phi) is 8.16. The molecule has 3 heterocycles. The van der Waals surface area contributed by atoms with Gasteiger partial charge in [0.05, 0.1) is 4.47 Å². The number of piperidine rings is 1. The molecule has 2 fully saturated rings. The lowest BCUT2D eigenvalue weighted by molar-refractivity contribution is 0.160. The molecule has 2 saturated heterocycles. The normalized spacial score (nSPS) is 20.1. The van der Waals surface area contributed by atoms with E-state index >= 15 is 0 Å². The van der Waals surface area contributed by atoms with Crippen LogP contribution in [0.4, 0.5) is 17.5 Å². The number of benzene rings is 1. The van der Waals surface area contributed by atoms with Crippen LogP contribution in [-0.4, -0.2) is 58.5 Å². The van der Waals surface area contributed by atoms with Crippen molar-refractivity contribution in [3.05, 3.63) is 40.5 Å². The summed E-state index contributed by atoms with van der Waals surface area (Å²) >= 11 is 3.57. The minimum atomic E-state index is 0.614. The van der Waals surface area contributed by atoms with Crippen molar-refractivity contribution < 1.29 is 0 Å². The van der Waals surface area contributed by atoms with Crippen LogP contribution in [0.1, 0.15) is 51.0 Å². The van der Waals surface area contributed by atoms with Gasteiger partial charge in [-0.2, -0.15) is 4.98 Å². The van der Waals surface area contributed by atoms with Crippen molar-refractivity contribution in [1.82, 2.24) is 19.8 Å². The molecule has 6 nitrogen and oxygen atoms in total. The first-order valence-corrected chi connectivity index (χ1v) is 12.6. The molecular weight excluding hydrogens is 452 g/mol. The highest BCUT2D eigenvalue weighted by atomic mass is 79.9. The van der Waals surface area contributed by atoms with Crippen LogP contribution in [0.3, 0.4) is 0 Å². The van der Waals surface area contributed by atoms with Gasteiger partial charge in [-0.05, 0) is 92.3 Å². The summed E-state index contributed by atoms with van der Waals surface area (Å²) in [6, 6.07) is 9.34. The monoisotopic (exact) mass is 486 g/mol. The summed E-state index contributed by atoms with van der Waals surface area (Å²) in [7, 11) is 0. The number of anilines is 3. The summed E-state index contributed by atoms with van der Waals surface area (Å²) in [6.45, 7) is 9.13. The zero-order chi connectivity index (χ0) is 21.5. The minimum Gasteiger partial charge on any atom is -0.369 e. The first-order valence-electron chi connectivity index (χ1n) is 11.8. The lowest BCUT2D eigenvalue weighted by Crippen LogP contribution is -2.38. The van der Waals surface area contributed by atoms with Gasteiger partial charge in [0.2, 0.25) is 5.95 Å². The number of halogens is 1. The Balaban J connectivity index is 1.27. The van der Waals surface area contributed by atoms with Gasteiger partial charge in [0.15, 0.2) is 0 Å². The number of nitrogens with one attached hydrogen (secondary N) is 2. The average Bonchev–Trinajstić information content (AvgIpc) is 3.29. The molecule has 2 aromatic rings. The van der Waals surface area contributed by atoms with Crippen LogP contribution in [0.15, 0.2) is 34.9 Å². The van der Waals surface area contributed by atoms with E-state index in [1.165, 1.54) is 57.3 Å². The Morgan fingerprint density at radius 3 is 2.61 bits per heavy atom. The molecule has 0 amide bonds. The first kappa shape index (κ1) is 22.5. The van der Waals surface area contributed by atoms with Gasteiger partial charge in [-0.15, -0.1) is 0 Å². The minimum absolute atomic E-state index is 0.614. The lowest BCUT2D eigenvalue weighted by atomic mass is 10.0. The highest BCUT2D eigenvalue weighted by Crippen LogP contribution is 2.23. The molecule has 4 rings (SSSR count). The van der Waals surface area contributed by atoms with Gasteiger partial charge in [0, 0.05) is 37.6 Å². The highest BCUT2D eigenvalue weighted by molar-refractivity contribution is 9.10. The van der Waals surface area contributed by atoms with E-state index in [4.69, 9.17) is 0 Å².